The van der Waals surface area contributed by atoms with Crippen LogP contribution in [0.1, 0.15) is 19.4 Å². The van der Waals surface area contributed by atoms with Crippen molar-refractivity contribution >= 4 is 0 Å². The number of benzene rings is 1. The van der Waals surface area contributed by atoms with Crippen LogP contribution in [-0.4, -0.2) is 11.1 Å². The molecule has 1 aromatic carbocycles. The van der Waals surface area contributed by atoms with Crippen LogP contribution < -0.4 is 5.73 Å². The molecule has 1 aromatic rings. The van der Waals surface area contributed by atoms with Crippen LogP contribution in [0.15, 0.2) is 18.2 Å². The Balaban J connectivity index is 3.31. The lowest BCUT2D eigenvalue weighted by molar-refractivity contribution is 0.0276. The van der Waals surface area contributed by atoms with Crippen molar-refractivity contribution in [3.63, 3.8) is 0 Å². The molecular formula is C10H13F2NO. The summed E-state index contributed by atoms with van der Waals surface area (Å²) in [6.45, 7) is 2.78. The van der Waals surface area contributed by atoms with Gasteiger partial charge in [-0.2, -0.15) is 0 Å². The van der Waals surface area contributed by atoms with E-state index in [9.17, 15) is 13.9 Å². The van der Waals surface area contributed by atoms with Crippen molar-refractivity contribution < 1.29 is 13.9 Å². The summed E-state index contributed by atoms with van der Waals surface area (Å²) >= 11 is 0. The summed E-state index contributed by atoms with van der Waals surface area (Å²) in [5.74, 6) is -1.57. The summed E-state index contributed by atoms with van der Waals surface area (Å²) in [5.41, 5.74) is 3.38. The van der Waals surface area contributed by atoms with Gasteiger partial charge in [-0.1, -0.05) is 6.07 Å². The highest BCUT2D eigenvalue weighted by molar-refractivity contribution is 5.26. The van der Waals surface area contributed by atoms with Gasteiger partial charge in [-0.15, -0.1) is 0 Å². The molecule has 0 bridgehead atoms. The molecule has 2 nitrogen and oxygen atoms in total. The Bertz CT molecular complexity index is 317. The molecule has 1 rings (SSSR count). The lowest BCUT2D eigenvalue weighted by Gasteiger charge is -2.28. The molecule has 0 aliphatic carbocycles. The van der Waals surface area contributed by atoms with Crippen LogP contribution in [0.3, 0.4) is 0 Å². The van der Waals surface area contributed by atoms with Crippen molar-refractivity contribution in [1.29, 1.82) is 0 Å². The molecule has 4 heteroatoms. The Morgan fingerprint density at radius 3 is 2.14 bits per heavy atom. The molecule has 78 valence electrons. The number of hydrogen-bond donors (Lipinski definition) is 2. The fourth-order valence-corrected chi connectivity index (χ4v) is 1.21. The van der Waals surface area contributed by atoms with Crippen LogP contribution in [0.4, 0.5) is 8.78 Å². The molecular weight excluding hydrogens is 188 g/mol. The quantitative estimate of drug-likeness (QED) is 0.762. The van der Waals surface area contributed by atoms with Gasteiger partial charge in [0.05, 0.1) is 5.56 Å². The SMILES string of the molecule is CC(N)C(C)(O)c1c(F)cccc1F. The molecule has 0 aliphatic rings. The zero-order chi connectivity index (χ0) is 10.9. The van der Waals surface area contributed by atoms with Gasteiger partial charge < -0.3 is 10.8 Å². The number of hydrogen-bond acceptors (Lipinski definition) is 2. The Hall–Kier alpha value is -1.00. The normalized spacial score (nSPS) is 17.6. The molecule has 0 aromatic heterocycles. The van der Waals surface area contributed by atoms with Crippen molar-refractivity contribution in [2.75, 3.05) is 0 Å². The van der Waals surface area contributed by atoms with Gasteiger partial charge in [0.1, 0.15) is 17.2 Å². The van der Waals surface area contributed by atoms with E-state index in [1.54, 1.807) is 0 Å². The smallest absolute Gasteiger partial charge is 0.132 e. The van der Waals surface area contributed by atoms with Gasteiger partial charge in [0.25, 0.3) is 0 Å². The third kappa shape index (κ3) is 1.76. The summed E-state index contributed by atoms with van der Waals surface area (Å²) < 4.78 is 26.5. The summed E-state index contributed by atoms with van der Waals surface area (Å²) in [6.07, 6.45) is 0. The first kappa shape index (κ1) is 11.1. The zero-order valence-electron chi connectivity index (χ0n) is 8.09. The summed E-state index contributed by atoms with van der Waals surface area (Å²) in [6, 6.07) is 2.67. The van der Waals surface area contributed by atoms with Gasteiger partial charge in [0.15, 0.2) is 0 Å². The lowest BCUT2D eigenvalue weighted by Crippen LogP contribution is -2.42. The van der Waals surface area contributed by atoms with E-state index in [2.05, 4.69) is 0 Å². The van der Waals surface area contributed by atoms with Gasteiger partial charge >= 0.3 is 0 Å². The molecule has 0 saturated carbocycles. The minimum Gasteiger partial charge on any atom is -0.384 e. The Kier molecular flexibility index (Phi) is 2.87. The van der Waals surface area contributed by atoms with E-state index in [1.807, 2.05) is 0 Å². The monoisotopic (exact) mass is 201 g/mol. The van der Waals surface area contributed by atoms with E-state index >= 15 is 0 Å². The Morgan fingerprint density at radius 2 is 1.79 bits per heavy atom. The third-order valence-electron chi connectivity index (χ3n) is 2.36. The van der Waals surface area contributed by atoms with Crippen LogP contribution in [-0.2, 0) is 5.60 Å². The molecule has 14 heavy (non-hydrogen) atoms. The summed E-state index contributed by atoms with van der Waals surface area (Å²) in [5, 5.41) is 9.82. The number of rotatable bonds is 2. The van der Waals surface area contributed by atoms with Crippen LogP contribution in [0.25, 0.3) is 0 Å². The highest BCUT2D eigenvalue weighted by Gasteiger charge is 2.33. The maximum absolute atomic E-state index is 13.3. The summed E-state index contributed by atoms with van der Waals surface area (Å²) in [4.78, 5) is 0. The molecule has 0 aliphatic heterocycles. The van der Waals surface area contributed by atoms with E-state index in [4.69, 9.17) is 5.73 Å². The minimum absolute atomic E-state index is 0.380. The summed E-state index contributed by atoms with van der Waals surface area (Å²) in [7, 11) is 0. The maximum Gasteiger partial charge on any atom is 0.132 e. The number of halogens is 2. The second-order valence-corrected chi connectivity index (χ2v) is 3.53. The number of nitrogens with two attached hydrogens (primary N) is 1. The van der Waals surface area contributed by atoms with Gasteiger partial charge in [0.2, 0.25) is 0 Å². The first-order valence-electron chi connectivity index (χ1n) is 4.29. The van der Waals surface area contributed by atoms with Crippen LogP contribution in [0.5, 0.6) is 0 Å². The molecule has 2 unspecified atom stereocenters. The fraction of sp³-hybridized carbons (Fsp3) is 0.400. The van der Waals surface area contributed by atoms with Crippen molar-refractivity contribution in [2.45, 2.75) is 25.5 Å². The van der Waals surface area contributed by atoms with Crippen LogP contribution >= 0.6 is 0 Å². The molecule has 0 fully saturated rings. The zero-order valence-corrected chi connectivity index (χ0v) is 8.09. The van der Waals surface area contributed by atoms with Crippen molar-refractivity contribution in [3.8, 4) is 0 Å². The molecule has 0 heterocycles. The van der Waals surface area contributed by atoms with E-state index in [1.165, 1.54) is 19.9 Å². The molecule has 2 atom stereocenters. The van der Waals surface area contributed by atoms with E-state index in [-0.39, 0.29) is 5.56 Å². The molecule has 0 amide bonds. The molecule has 0 radical (unpaired) electrons. The third-order valence-corrected chi connectivity index (χ3v) is 2.36. The topological polar surface area (TPSA) is 46.2 Å². The first-order valence-corrected chi connectivity index (χ1v) is 4.29. The van der Waals surface area contributed by atoms with Crippen molar-refractivity contribution in [1.82, 2.24) is 0 Å². The predicted molar refractivity (Wildman–Crippen MR) is 49.6 cm³/mol. The van der Waals surface area contributed by atoms with Crippen molar-refractivity contribution in [2.24, 2.45) is 5.73 Å². The Labute approximate surface area is 81.4 Å². The second kappa shape index (κ2) is 3.63. The number of aliphatic hydroxyl groups is 1. The van der Waals surface area contributed by atoms with Gasteiger partial charge in [-0.05, 0) is 26.0 Å². The highest BCUT2D eigenvalue weighted by Crippen LogP contribution is 2.28. The van der Waals surface area contributed by atoms with E-state index in [0.717, 1.165) is 12.1 Å². The first-order chi connectivity index (χ1) is 6.37. The predicted octanol–water partition coefficient (Wildman–Crippen LogP) is 1.52. The molecule has 0 spiro atoms. The molecule has 0 saturated heterocycles. The van der Waals surface area contributed by atoms with E-state index in [0.29, 0.717) is 0 Å². The highest BCUT2D eigenvalue weighted by atomic mass is 19.1. The standard InChI is InChI=1S/C10H13F2NO/c1-6(13)10(2,14)9-7(11)4-3-5-8(9)12/h3-6,14H,13H2,1-2H3. The maximum atomic E-state index is 13.3. The van der Waals surface area contributed by atoms with Crippen LogP contribution in [0, 0.1) is 11.6 Å². The minimum atomic E-state index is -1.70. The molecule has 3 N–H and O–H groups in total. The lowest BCUT2D eigenvalue weighted by atomic mass is 9.89. The largest absolute Gasteiger partial charge is 0.384 e. The average molecular weight is 201 g/mol. The second-order valence-electron chi connectivity index (χ2n) is 3.53. The van der Waals surface area contributed by atoms with Gasteiger partial charge in [-0.25, -0.2) is 8.78 Å². The Morgan fingerprint density at radius 1 is 1.36 bits per heavy atom. The van der Waals surface area contributed by atoms with Crippen molar-refractivity contribution in [3.05, 3.63) is 35.4 Å². The van der Waals surface area contributed by atoms with Gasteiger partial charge in [0, 0.05) is 6.04 Å². The van der Waals surface area contributed by atoms with Crippen LogP contribution in [0.2, 0.25) is 0 Å². The fourth-order valence-electron chi connectivity index (χ4n) is 1.21. The van der Waals surface area contributed by atoms with E-state index < -0.39 is 23.3 Å². The average Bonchev–Trinajstić information content (AvgIpc) is 2.02. The van der Waals surface area contributed by atoms with Gasteiger partial charge in [-0.3, -0.25) is 0 Å².